The van der Waals surface area contributed by atoms with Crippen LogP contribution in [0.15, 0.2) is 60.7 Å². The summed E-state index contributed by atoms with van der Waals surface area (Å²) < 4.78 is 0. The number of nitrogens with zero attached hydrogens (tertiary/aromatic N) is 1. The predicted octanol–water partition coefficient (Wildman–Crippen LogP) is 3.62. The molecular weight excluding hydrogens is 246 g/mol. The third-order valence-corrected chi connectivity index (χ3v) is 3.64. The number of amides is 1. The van der Waals surface area contributed by atoms with Crippen molar-refractivity contribution < 1.29 is 4.79 Å². The first-order valence-electron chi connectivity index (χ1n) is 6.87. The third-order valence-electron chi connectivity index (χ3n) is 3.64. The first-order valence-corrected chi connectivity index (χ1v) is 6.87. The topological polar surface area (TPSA) is 20.3 Å². The van der Waals surface area contributed by atoms with Crippen LogP contribution in [0.3, 0.4) is 0 Å². The first-order chi connectivity index (χ1) is 9.51. The quantitative estimate of drug-likeness (QED) is 0.828. The van der Waals surface area contributed by atoms with Gasteiger partial charge in [-0.25, -0.2) is 0 Å². The van der Waals surface area contributed by atoms with E-state index in [9.17, 15) is 4.79 Å². The summed E-state index contributed by atoms with van der Waals surface area (Å²) in [5.74, 6) is 0.132. The van der Waals surface area contributed by atoms with Crippen molar-refractivity contribution in [3.8, 4) is 0 Å². The fourth-order valence-corrected chi connectivity index (χ4v) is 2.38. The monoisotopic (exact) mass is 267 g/mol. The van der Waals surface area contributed by atoms with E-state index in [-0.39, 0.29) is 5.91 Å². The summed E-state index contributed by atoms with van der Waals surface area (Å²) in [6.45, 7) is 4.59. The van der Waals surface area contributed by atoms with E-state index in [2.05, 4.69) is 0 Å². The van der Waals surface area contributed by atoms with Gasteiger partial charge in [0.25, 0.3) is 0 Å². The Hall–Kier alpha value is -2.09. The molecule has 0 N–H and O–H groups in total. The van der Waals surface area contributed by atoms with Crippen LogP contribution in [0.1, 0.15) is 25.0 Å². The molecule has 0 saturated carbocycles. The highest BCUT2D eigenvalue weighted by atomic mass is 16.2. The highest BCUT2D eigenvalue weighted by Gasteiger charge is 2.32. The second-order valence-electron chi connectivity index (χ2n) is 5.64. The molecule has 0 radical (unpaired) electrons. The molecule has 2 heteroatoms. The molecule has 2 aromatic carbocycles. The molecule has 0 aliphatic rings. The second-order valence-corrected chi connectivity index (χ2v) is 5.64. The zero-order valence-corrected chi connectivity index (χ0v) is 12.3. The van der Waals surface area contributed by atoms with Gasteiger partial charge in [-0.05, 0) is 25.0 Å². The fourth-order valence-electron chi connectivity index (χ4n) is 2.38. The van der Waals surface area contributed by atoms with Crippen LogP contribution in [-0.2, 0) is 16.8 Å². The molecular formula is C18H21NO. The van der Waals surface area contributed by atoms with Crippen molar-refractivity contribution in [3.05, 3.63) is 71.8 Å². The molecule has 2 aromatic rings. The molecule has 0 spiro atoms. The molecule has 2 rings (SSSR count). The van der Waals surface area contributed by atoms with E-state index in [1.54, 1.807) is 4.90 Å². The van der Waals surface area contributed by atoms with Crippen molar-refractivity contribution in [1.29, 1.82) is 0 Å². The zero-order chi connectivity index (χ0) is 14.6. The van der Waals surface area contributed by atoms with Gasteiger partial charge in [-0.2, -0.15) is 0 Å². The van der Waals surface area contributed by atoms with Gasteiger partial charge in [0, 0.05) is 13.6 Å². The number of carbonyl (C=O) groups excluding carboxylic acids is 1. The van der Waals surface area contributed by atoms with Crippen LogP contribution in [0.25, 0.3) is 0 Å². The van der Waals surface area contributed by atoms with E-state index >= 15 is 0 Å². The van der Waals surface area contributed by atoms with Gasteiger partial charge in [0.15, 0.2) is 0 Å². The molecule has 0 aliphatic heterocycles. The highest BCUT2D eigenvalue weighted by Crippen LogP contribution is 2.25. The van der Waals surface area contributed by atoms with Gasteiger partial charge >= 0.3 is 0 Å². The van der Waals surface area contributed by atoms with E-state index in [0.717, 1.165) is 11.1 Å². The van der Waals surface area contributed by atoms with E-state index in [4.69, 9.17) is 0 Å². The van der Waals surface area contributed by atoms with E-state index in [0.29, 0.717) is 6.54 Å². The van der Waals surface area contributed by atoms with Gasteiger partial charge < -0.3 is 4.90 Å². The minimum atomic E-state index is -0.509. The Bertz CT molecular complexity index is 560. The maximum atomic E-state index is 12.7. The molecule has 1 amide bonds. The number of hydrogen-bond donors (Lipinski definition) is 0. The van der Waals surface area contributed by atoms with Crippen LogP contribution >= 0.6 is 0 Å². The van der Waals surface area contributed by atoms with Crippen molar-refractivity contribution in [2.24, 2.45) is 0 Å². The molecule has 0 bridgehead atoms. The average molecular weight is 267 g/mol. The fraction of sp³-hybridized carbons (Fsp3) is 0.278. The molecule has 0 saturated heterocycles. The van der Waals surface area contributed by atoms with Gasteiger partial charge in [0.05, 0.1) is 5.41 Å². The van der Waals surface area contributed by atoms with Gasteiger partial charge in [0.1, 0.15) is 0 Å². The minimum absolute atomic E-state index is 0.132. The minimum Gasteiger partial charge on any atom is -0.341 e. The molecule has 0 aromatic heterocycles. The number of benzene rings is 2. The van der Waals surface area contributed by atoms with E-state index < -0.39 is 5.41 Å². The van der Waals surface area contributed by atoms with Crippen LogP contribution in [-0.4, -0.2) is 17.9 Å². The van der Waals surface area contributed by atoms with Crippen molar-refractivity contribution in [1.82, 2.24) is 4.90 Å². The lowest BCUT2D eigenvalue weighted by Gasteiger charge is -2.30. The van der Waals surface area contributed by atoms with Gasteiger partial charge in [-0.1, -0.05) is 60.7 Å². The lowest BCUT2D eigenvalue weighted by atomic mass is 9.83. The lowest BCUT2D eigenvalue weighted by Crippen LogP contribution is -2.40. The summed E-state index contributed by atoms with van der Waals surface area (Å²) in [6, 6.07) is 20.0. The Kier molecular flexibility index (Phi) is 4.23. The Morgan fingerprint density at radius 3 is 2.00 bits per heavy atom. The molecule has 0 unspecified atom stereocenters. The summed E-state index contributed by atoms with van der Waals surface area (Å²) in [7, 11) is 1.86. The average Bonchev–Trinajstić information content (AvgIpc) is 2.48. The summed E-state index contributed by atoms with van der Waals surface area (Å²) in [5.41, 5.74) is 1.68. The van der Waals surface area contributed by atoms with Gasteiger partial charge in [0.2, 0.25) is 5.91 Å². The standard InChI is InChI=1S/C18H21NO/c1-18(2,16-12-8-5-9-13-16)17(20)19(3)14-15-10-6-4-7-11-15/h4-13H,14H2,1-3H3. The summed E-state index contributed by atoms with van der Waals surface area (Å²) in [6.07, 6.45) is 0. The maximum absolute atomic E-state index is 12.7. The Labute approximate surface area is 121 Å². The molecule has 0 atom stereocenters. The molecule has 104 valence electrons. The first kappa shape index (κ1) is 14.3. The number of hydrogen-bond acceptors (Lipinski definition) is 1. The SMILES string of the molecule is CN(Cc1ccccc1)C(=O)C(C)(C)c1ccccc1. The summed E-state index contributed by atoms with van der Waals surface area (Å²) in [5, 5.41) is 0. The predicted molar refractivity (Wildman–Crippen MR) is 82.4 cm³/mol. The Balaban J connectivity index is 2.14. The van der Waals surface area contributed by atoms with Crippen LogP contribution < -0.4 is 0 Å². The zero-order valence-electron chi connectivity index (χ0n) is 12.3. The van der Waals surface area contributed by atoms with E-state index in [1.807, 2.05) is 81.6 Å². The molecule has 0 fully saturated rings. The van der Waals surface area contributed by atoms with Crippen LogP contribution in [0, 0.1) is 0 Å². The highest BCUT2D eigenvalue weighted by molar-refractivity contribution is 5.87. The molecule has 0 heterocycles. The van der Waals surface area contributed by atoms with Crippen molar-refractivity contribution in [3.63, 3.8) is 0 Å². The van der Waals surface area contributed by atoms with Crippen LogP contribution in [0.4, 0.5) is 0 Å². The normalized spacial score (nSPS) is 11.2. The maximum Gasteiger partial charge on any atom is 0.232 e. The number of likely N-dealkylation sites (N-methyl/N-ethyl adjacent to an activating group) is 1. The van der Waals surface area contributed by atoms with Crippen molar-refractivity contribution in [2.45, 2.75) is 25.8 Å². The summed E-state index contributed by atoms with van der Waals surface area (Å²) in [4.78, 5) is 14.5. The molecule has 2 nitrogen and oxygen atoms in total. The lowest BCUT2D eigenvalue weighted by molar-refractivity contribution is -0.135. The van der Waals surface area contributed by atoms with Gasteiger partial charge in [-0.3, -0.25) is 4.79 Å². The van der Waals surface area contributed by atoms with Crippen LogP contribution in [0.2, 0.25) is 0 Å². The van der Waals surface area contributed by atoms with Crippen molar-refractivity contribution in [2.75, 3.05) is 7.05 Å². The largest absolute Gasteiger partial charge is 0.341 e. The summed E-state index contributed by atoms with van der Waals surface area (Å²) >= 11 is 0. The number of carbonyl (C=O) groups is 1. The molecule has 20 heavy (non-hydrogen) atoms. The van der Waals surface area contributed by atoms with E-state index in [1.165, 1.54) is 0 Å². The van der Waals surface area contributed by atoms with Crippen LogP contribution in [0.5, 0.6) is 0 Å². The third kappa shape index (κ3) is 3.08. The van der Waals surface area contributed by atoms with Crippen molar-refractivity contribution >= 4 is 5.91 Å². The molecule has 0 aliphatic carbocycles. The Morgan fingerprint density at radius 2 is 1.45 bits per heavy atom. The van der Waals surface area contributed by atoms with Gasteiger partial charge in [-0.15, -0.1) is 0 Å². The smallest absolute Gasteiger partial charge is 0.232 e. The Morgan fingerprint density at radius 1 is 0.950 bits per heavy atom. The number of rotatable bonds is 4. The second kappa shape index (κ2) is 5.91.